The monoisotopic (exact) mass is 450 g/mol. The molecule has 2 amide bonds. The van der Waals surface area contributed by atoms with Crippen molar-refractivity contribution in [2.75, 3.05) is 13.2 Å². The summed E-state index contributed by atoms with van der Waals surface area (Å²) in [6.07, 6.45) is 0.510. The molecule has 0 bridgehead atoms. The molecule has 2 aromatic carbocycles. The highest BCUT2D eigenvalue weighted by Gasteiger charge is 2.33. The minimum atomic E-state index is -0.806. The van der Waals surface area contributed by atoms with Gasteiger partial charge in [-0.2, -0.15) is 0 Å². The first-order valence-corrected chi connectivity index (χ1v) is 11.5. The molecule has 1 saturated heterocycles. The van der Waals surface area contributed by atoms with E-state index in [1.807, 2.05) is 31.2 Å². The summed E-state index contributed by atoms with van der Waals surface area (Å²) in [6, 6.07) is 15.8. The Bertz CT molecular complexity index is 1010. The predicted molar refractivity (Wildman–Crippen MR) is 124 cm³/mol. The highest BCUT2D eigenvalue weighted by atomic mass is 16.5. The summed E-state index contributed by atoms with van der Waals surface area (Å²) in [4.78, 5) is 38.1. The predicted octanol–water partition coefficient (Wildman–Crippen LogP) is 4.02. The lowest BCUT2D eigenvalue weighted by atomic mass is 9.91. The molecular weight excluding hydrogens is 420 g/mol. The SMILES string of the molecule is CC(CC(=O)N1CC[C@@H](C(=O)O)C[C@H]1C)NC(=O)OCC1c2ccccc2-c2ccccc21. The zero-order valence-electron chi connectivity index (χ0n) is 19.0. The number of alkyl carbamates (subject to hydrolysis) is 1. The molecule has 0 aromatic heterocycles. The van der Waals surface area contributed by atoms with Crippen molar-refractivity contribution in [3.8, 4) is 11.1 Å². The fourth-order valence-electron chi connectivity index (χ4n) is 5.04. The largest absolute Gasteiger partial charge is 0.481 e. The van der Waals surface area contributed by atoms with Crippen LogP contribution in [0.25, 0.3) is 11.1 Å². The maximum Gasteiger partial charge on any atom is 0.407 e. The van der Waals surface area contributed by atoms with E-state index in [0.717, 1.165) is 11.1 Å². The molecule has 1 aliphatic heterocycles. The number of carboxylic acid groups (broad SMARTS) is 1. The first-order valence-electron chi connectivity index (χ1n) is 11.5. The molecule has 2 N–H and O–H groups in total. The summed E-state index contributed by atoms with van der Waals surface area (Å²) in [7, 11) is 0. The summed E-state index contributed by atoms with van der Waals surface area (Å²) in [5.74, 6) is -1.31. The van der Waals surface area contributed by atoms with E-state index in [2.05, 4.69) is 29.6 Å². The second-order valence-corrected chi connectivity index (χ2v) is 9.07. The molecule has 1 heterocycles. The maximum atomic E-state index is 12.7. The lowest BCUT2D eigenvalue weighted by Gasteiger charge is -2.36. The minimum Gasteiger partial charge on any atom is -0.481 e. The van der Waals surface area contributed by atoms with Crippen molar-refractivity contribution in [3.05, 3.63) is 59.7 Å². The van der Waals surface area contributed by atoms with Gasteiger partial charge in [0, 0.05) is 31.0 Å². The van der Waals surface area contributed by atoms with E-state index < -0.39 is 24.0 Å². The number of nitrogens with zero attached hydrogens (tertiary/aromatic N) is 1. The third kappa shape index (κ3) is 4.87. The van der Waals surface area contributed by atoms with Crippen LogP contribution in [0.1, 0.15) is 50.2 Å². The van der Waals surface area contributed by atoms with Gasteiger partial charge >= 0.3 is 12.1 Å². The summed E-state index contributed by atoms with van der Waals surface area (Å²) in [6.45, 7) is 4.29. The molecule has 33 heavy (non-hydrogen) atoms. The van der Waals surface area contributed by atoms with E-state index in [0.29, 0.717) is 19.4 Å². The summed E-state index contributed by atoms with van der Waals surface area (Å²) < 4.78 is 5.56. The number of rotatable bonds is 6. The summed E-state index contributed by atoms with van der Waals surface area (Å²) >= 11 is 0. The molecule has 3 atom stereocenters. The molecule has 7 nitrogen and oxygen atoms in total. The Balaban J connectivity index is 1.29. The highest BCUT2D eigenvalue weighted by Crippen LogP contribution is 2.44. The molecule has 2 aromatic rings. The number of carboxylic acids is 1. The Morgan fingerprint density at radius 1 is 1.09 bits per heavy atom. The van der Waals surface area contributed by atoms with Crippen molar-refractivity contribution in [3.63, 3.8) is 0 Å². The normalized spacial score (nSPS) is 20.5. The molecular formula is C26H30N2O5. The fraction of sp³-hybridized carbons (Fsp3) is 0.423. The number of amides is 2. The van der Waals surface area contributed by atoms with Crippen molar-refractivity contribution in [1.29, 1.82) is 0 Å². The van der Waals surface area contributed by atoms with Crippen LogP contribution in [-0.4, -0.2) is 53.2 Å². The van der Waals surface area contributed by atoms with Crippen molar-refractivity contribution >= 4 is 18.0 Å². The molecule has 7 heteroatoms. The number of likely N-dealkylation sites (tertiary alicyclic amines) is 1. The molecule has 1 fully saturated rings. The molecule has 0 saturated carbocycles. The Morgan fingerprint density at radius 2 is 1.70 bits per heavy atom. The van der Waals surface area contributed by atoms with E-state index in [1.165, 1.54) is 11.1 Å². The molecule has 1 aliphatic carbocycles. The van der Waals surface area contributed by atoms with Gasteiger partial charge in [0.25, 0.3) is 0 Å². The van der Waals surface area contributed by atoms with Crippen molar-refractivity contribution < 1.29 is 24.2 Å². The van der Waals surface area contributed by atoms with Crippen LogP contribution in [0.4, 0.5) is 4.79 Å². The topological polar surface area (TPSA) is 95.9 Å². The van der Waals surface area contributed by atoms with Crippen LogP contribution in [0.15, 0.2) is 48.5 Å². The van der Waals surface area contributed by atoms with Crippen molar-refractivity contribution in [2.45, 2.75) is 51.1 Å². The quantitative estimate of drug-likeness (QED) is 0.693. The van der Waals surface area contributed by atoms with Gasteiger partial charge in [0.05, 0.1) is 5.92 Å². The molecule has 4 rings (SSSR count). The van der Waals surface area contributed by atoms with Crippen LogP contribution in [0, 0.1) is 5.92 Å². The first-order chi connectivity index (χ1) is 15.8. The third-order valence-electron chi connectivity index (χ3n) is 6.73. The van der Waals surface area contributed by atoms with Gasteiger partial charge in [-0.05, 0) is 48.9 Å². The minimum absolute atomic E-state index is 0.0172. The van der Waals surface area contributed by atoms with Gasteiger partial charge in [-0.25, -0.2) is 4.79 Å². The van der Waals surface area contributed by atoms with Crippen LogP contribution in [0.3, 0.4) is 0 Å². The second-order valence-electron chi connectivity index (χ2n) is 9.07. The van der Waals surface area contributed by atoms with Crippen LogP contribution >= 0.6 is 0 Å². The highest BCUT2D eigenvalue weighted by molar-refractivity contribution is 5.80. The number of carbonyl (C=O) groups is 3. The fourth-order valence-corrected chi connectivity index (χ4v) is 5.04. The average Bonchev–Trinajstić information content (AvgIpc) is 3.11. The lowest BCUT2D eigenvalue weighted by Crippen LogP contribution is -2.48. The zero-order valence-corrected chi connectivity index (χ0v) is 19.0. The van der Waals surface area contributed by atoms with E-state index in [-0.39, 0.29) is 30.9 Å². The number of hydrogen-bond donors (Lipinski definition) is 2. The van der Waals surface area contributed by atoms with Gasteiger partial charge in [-0.15, -0.1) is 0 Å². The average molecular weight is 451 g/mol. The van der Waals surface area contributed by atoms with E-state index in [4.69, 9.17) is 4.74 Å². The van der Waals surface area contributed by atoms with Crippen LogP contribution < -0.4 is 5.32 Å². The second kappa shape index (κ2) is 9.65. The zero-order chi connectivity index (χ0) is 23.5. The van der Waals surface area contributed by atoms with Crippen molar-refractivity contribution in [2.24, 2.45) is 5.92 Å². The van der Waals surface area contributed by atoms with Gasteiger partial charge in [0.1, 0.15) is 6.61 Å². The van der Waals surface area contributed by atoms with Gasteiger partial charge < -0.3 is 20.1 Å². The summed E-state index contributed by atoms with van der Waals surface area (Å²) in [5, 5.41) is 12.0. The maximum absolute atomic E-state index is 12.7. The molecule has 174 valence electrons. The number of fused-ring (bicyclic) bond motifs is 3. The van der Waals surface area contributed by atoms with E-state index in [1.54, 1.807) is 11.8 Å². The lowest BCUT2D eigenvalue weighted by molar-refractivity contribution is -0.147. The van der Waals surface area contributed by atoms with Crippen LogP contribution in [0.5, 0.6) is 0 Å². The number of carbonyl (C=O) groups excluding carboxylic acids is 2. The number of piperidine rings is 1. The van der Waals surface area contributed by atoms with E-state index >= 15 is 0 Å². The Kier molecular flexibility index (Phi) is 6.67. The Hall–Kier alpha value is -3.35. The summed E-state index contributed by atoms with van der Waals surface area (Å²) in [5.41, 5.74) is 4.63. The third-order valence-corrected chi connectivity index (χ3v) is 6.73. The van der Waals surface area contributed by atoms with Gasteiger partial charge in [0.2, 0.25) is 5.91 Å². The van der Waals surface area contributed by atoms with Crippen LogP contribution in [0.2, 0.25) is 0 Å². The smallest absolute Gasteiger partial charge is 0.407 e. The number of aliphatic carboxylic acids is 1. The number of nitrogens with one attached hydrogen (secondary N) is 1. The number of ether oxygens (including phenoxy) is 1. The van der Waals surface area contributed by atoms with Gasteiger partial charge in [-0.3, -0.25) is 9.59 Å². The molecule has 0 radical (unpaired) electrons. The number of hydrogen-bond acceptors (Lipinski definition) is 4. The molecule has 0 spiro atoms. The first kappa shape index (κ1) is 22.8. The number of benzene rings is 2. The van der Waals surface area contributed by atoms with Gasteiger partial charge in [0.15, 0.2) is 0 Å². The van der Waals surface area contributed by atoms with Crippen molar-refractivity contribution in [1.82, 2.24) is 10.2 Å². The van der Waals surface area contributed by atoms with Gasteiger partial charge in [-0.1, -0.05) is 48.5 Å². The Morgan fingerprint density at radius 3 is 2.27 bits per heavy atom. The molecule has 1 unspecified atom stereocenters. The van der Waals surface area contributed by atoms with E-state index in [9.17, 15) is 19.5 Å². The Labute approximate surface area is 193 Å². The molecule has 2 aliphatic rings. The standard InChI is InChI=1S/C26H30N2O5/c1-16(13-24(29)28-12-11-18(25(30)31)14-17(28)2)27-26(32)33-15-23-21-9-5-3-7-19(21)20-8-4-6-10-22(20)23/h3-10,16-18,23H,11-15H2,1-2H3,(H,27,32)(H,30,31)/t16?,17-,18-/m1/s1. The van der Waals surface area contributed by atoms with Crippen LogP contribution in [-0.2, 0) is 14.3 Å².